The number of fused-ring (bicyclic) bond motifs is 1. The second-order valence-corrected chi connectivity index (χ2v) is 6.76. The van der Waals surface area contributed by atoms with E-state index in [9.17, 15) is 4.79 Å². The zero-order chi connectivity index (χ0) is 15.1. The van der Waals surface area contributed by atoms with Crippen molar-refractivity contribution in [2.45, 2.75) is 39.7 Å². The van der Waals surface area contributed by atoms with Gasteiger partial charge in [0.2, 0.25) is 5.91 Å². The lowest BCUT2D eigenvalue weighted by Gasteiger charge is -2.33. The van der Waals surface area contributed by atoms with E-state index >= 15 is 0 Å². The number of aromatic nitrogens is 2. The molecule has 3 heterocycles. The molecule has 0 saturated heterocycles. The molecule has 2 aromatic rings. The lowest BCUT2D eigenvalue weighted by atomic mass is 10.00. The molecular weight excluding hydrogens is 282 g/mol. The molecule has 0 bridgehead atoms. The molecule has 0 aromatic carbocycles. The molecule has 1 amide bonds. The van der Waals surface area contributed by atoms with Crippen LogP contribution in [0.5, 0.6) is 0 Å². The molecule has 1 aliphatic rings. The summed E-state index contributed by atoms with van der Waals surface area (Å²) in [5.41, 5.74) is 4.44. The van der Waals surface area contributed by atoms with Gasteiger partial charge in [-0.1, -0.05) is 0 Å². The predicted octanol–water partition coefficient (Wildman–Crippen LogP) is 2.79. The summed E-state index contributed by atoms with van der Waals surface area (Å²) in [6.45, 7) is 6.96. The molecule has 1 unspecified atom stereocenters. The van der Waals surface area contributed by atoms with Crippen molar-refractivity contribution in [3.05, 3.63) is 38.8 Å². The lowest BCUT2D eigenvalue weighted by molar-refractivity contribution is -0.133. The van der Waals surface area contributed by atoms with Crippen molar-refractivity contribution in [2.24, 2.45) is 7.05 Å². The Hall–Kier alpha value is -1.62. The summed E-state index contributed by atoms with van der Waals surface area (Å²) in [6, 6.07) is 2.34. The smallest absolute Gasteiger partial charge is 0.227 e. The van der Waals surface area contributed by atoms with E-state index in [0.29, 0.717) is 6.42 Å². The average molecular weight is 303 g/mol. The van der Waals surface area contributed by atoms with Crippen LogP contribution in [0.1, 0.15) is 40.4 Å². The van der Waals surface area contributed by atoms with Crippen molar-refractivity contribution in [2.75, 3.05) is 6.54 Å². The van der Waals surface area contributed by atoms with E-state index in [0.717, 1.165) is 29.9 Å². The van der Waals surface area contributed by atoms with Gasteiger partial charge in [0, 0.05) is 29.7 Å². The van der Waals surface area contributed by atoms with E-state index in [1.165, 1.54) is 10.4 Å². The molecule has 0 fully saturated rings. The number of rotatable bonds is 2. The molecule has 2 aromatic heterocycles. The fraction of sp³-hybridized carbons (Fsp3) is 0.500. The number of nitrogens with zero attached hydrogens (tertiary/aromatic N) is 3. The molecule has 1 atom stereocenters. The highest BCUT2D eigenvalue weighted by atomic mass is 32.1. The summed E-state index contributed by atoms with van der Waals surface area (Å²) in [6.07, 6.45) is 1.43. The molecular formula is C16H21N3OS. The van der Waals surface area contributed by atoms with E-state index in [2.05, 4.69) is 23.5 Å². The minimum absolute atomic E-state index is 0.185. The van der Waals surface area contributed by atoms with E-state index < -0.39 is 0 Å². The minimum atomic E-state index is 0.185. The molecule has 5 heteroatoms. The van der Waals surface area contributed by atoms with Crippen molar-refractivity contribution in [3.8, 4) is 0 Å². The first-order valence-corrected chi connectivity index (χ1v) is 8.21. The van der Waals surface area contributed by atoms with Gasteiger partial charge in [0.25, 0.3) is 0 Å². The predicted molar refractivity (Wildman–Crippen MR) is 84.5 cm³/mol. The molecule has 0 N–H and O–H groups in total. The third-order valence-electron chi connectivity index (χ3n) is 4.58. The van der Waals surface area contributed by atoms with Gasteiger partial charge < -0.3 is 4.90 Å². The number of hydrogen-bond acceptors (Lipinski definition) is 3. The van der Waals surface area contributed by atoms with Crippen molar-refractivity contribution >= 4 is 17.2 Å². The Bertz CT molecular complexity index is 686. The van der Waals surface area contributed by atoms with Gasteiger partial charge in [-0.3, -0.25) is 9.48 Å². The van der Waals surface area contributed by atoms with Gasteiger partial charge in [-0.15, -0.1) is 11.3 Å². The summed E-state index contributed by atoms with van der Waals surface area (Å²) in [5.74, 6) is 0.207. The maximum absolute atomic E-state index is 12.7. The highest BCUT2D eigenvalue weighted by molar-refractivity contribution is 7.10. The van der Waals surface area contributed by atoms with Gasteiger partial charge in [-0.25, -0.2) is 0 Å². The molecule has 0 spiro atoms. The molecule has 1 aliphatic heterocycles. The molecule has 3 rings (SSSR count). The van der Waals surface area contributed by atoms with Crippen molar-refractivity contribution in [1.82, 2.24) is 14.7 Å². The Morgan fingerprint density at radius 2 is 2.24 bits per heavy atom. The van der Waals surface area contributed by atoms with Crippen molar-refractivity contribution < 1.29 is 4.79 Å². The third-order valence-corrected chi connectivity index (χ3v) is 5.58. The Morgan fingerprint density at radius 1 is 1.48 bits per heavy atom. The monoisotopic (exact) mass is 303 g/mol. The first kappa shape index (κ1) is 14.3. The van der Waals surface area contributed by atoms with Crippen LogP contribution in [0.3, 0.4) is 0 Å². The van der Waals surface area contributed by atoms with E-state index in [1.807, 2.05) is 30.5 Å². The minimum Gasteiger partial charge on any atom is -0.335 e. The molecule has 112 valence electrons. The van der Waals surface area contributed by atoms with Crippen LogP contribution in [0, 0.1) is 13.8 Å². The van der Waals surface area contributed by atoms with Crippen LogP contribution in [-0.4, -0.2) is 27.1 Å². The first-order valence-electron chi connectivity index (χ1n) is 7.34. The number of hydrogen-bond donors (Lipinski definition) is 0. The van der Waals surface area contributed by atoms with E-state index in [4.69, 9.17) is 0 Å². The normalized spacial score (nSPS) is 17.9. The topological polar surface area (TPSA) is 38.1 Å². The Morgan fingerprint density at radius 3 is 2.90 bits per heavy atom. The second-order valence-electron chi connectivity index (χ2n) is 5.76. The molecule has 0 radical (unpaired) electrons. The van der Waals surface area contributed by atoms with Crippen LogP contribution in [0.4, 0.5) is 0 Å². The average Bonchev–Trinajstić information content (AvgIpc) is 3.00. The van der Waals surface area contributed by atoms with Crippen molar-refractivity contribution in [3.63, 3.8) is 0 Å². The van der Waals surface area contributed by atoms with Crippen LogP contribution >= 0.6 is 11.3 Å². The fourth-order valence-electron chi connectivity index (χ4n) is 3.18. The molecule has 4 nitrogen and oxygen atoms in total. The maximum Gasteiger partial charge on any atom is 0.227 e. The Labute approximate surface area is 129 Å². The molecule has 0 aliphatic carbocycles. The van der Waals surface area contributed by atoms with Gasteiger partial charge >= 0.3 is 0 Å². The summed E-state index contributed by atoms with van der Waals surface area (Å²) in [7, 11) is 1.93. The van der Waals surface area contributed by atoms with Crippen LogP contribution in [0.15, 0.2) is 11.4 Å². The van der Waals surface area contributed by atoms with Gasteiger partial charge in [-0.05, 0) is 44.2 Å². The van der Waals surface area contributed by atoms with E-state index in [-0.39, 0.29) is 11.9 Å². The second kappa shape index (κ2) is 5.30. The van der Waals surface area contributed by atoms with Crippen LogP contribution in [0.2, 0.25) is 0 Å². The summed E-state index contributed by atoms with van der Waals surface area (Å²) < 4.78 is 1.86. The summed E-state index contributed by atoms with van der Waals surface area (Å²) in [5, 5.41) is 6.53. The van der Waals surface area contributed by atoms with Gasteiger partial charge in [0.1, 0.15) is 0 Å². The zero-order valence-corrected chi connectivity index (χ0v) is 13.8. The highest BCUT2D eigenvalue weighted by Gasteiger charge is 2.29. The number of amides is 1. The Kier molecular flexibility index (Phi) is 3.61. The first-order chi connectivity index (χ1) is 9.99. The zero-order valence-electron chi connectivity index (χ0n) is 13.0. The van der Waals surface area contributed by atoms with E-state index in [1.54, 1.807) is 11.3 Å². The highest BCUT2D eigenvalue weighted by Crippen LogP contribution is 2.33. The van der Waals surface area contributed by atoms with Gasteiger partial charge in [-0.2, -0.15) is 5.10 Å². The third kappa shape index (κ3) is 2.39. The Balaban J connectivity index is 1.80. The summed E-state index contributed by atoms with van der Waals surface area (Å²) >= 11 is 1.80. The van der Waals surface area contributed by atoms with Gasteiger partial charge in [0.05, 0.1) is 18.2 Å². The number of carbonyl (C=O) groups is 1. The maximum atomic E-state index is 12.7. The summed E-state index contributed by atoms with van der Waals surface area (Å²) in [4.78, 5) is 16.2. The SMILES string of the molecule is Cc1nn(C)c(C)c1CC(=O)N1CCc2sccc2C1C. The quantitative estimate of drug-likeness (QED) is 0.855. The number of aryl methyl sites for hydroxylation is 2. The number of thiophene rings is 1. The standard InChI is InChI=1S/C16H21N3OS/c1-10-14(11(2)18(4)17-10)9-16(20)19-7-5-15-13(12(19)3)6-8-21-15/h6,8,12H,5,7,9H2,1-4H3. The molecule has 0 saturated carbocycles. The largest absolute Gasteiger partial charge is 0.335 e. The van der Waals surface area contributed by atoms with Crippen molar-refractivity contribution in [1.29, 1.82) is 0 Å². The molecule has 21 heavy (non-hydrogen) atoms. The van der Waals surface area contributed by atoms with Crippen LogP contribution < -0.4 is 0 Å². The number of carbonyl (C=O) groups excluding carboxylic acids is 1. The van der Waals surface area contributed by atoms with Crippen LogP contribution in [-0.2, 0) is 24.7 Å². The fourth-order valence-corrected chi connectivity index (χ4v) is 4.14. The van der Waals surface area contributed by atoms with Gasteiger partial charge in [0.15, 0.2) is 0 Å². The lowest BCUT2D eigenvalue weighted by Crippen LogP contribution is -2.39. The van der Waals surface area contributed by atoms with Crippen LogP contribution in [0.25, 0.3) is 0 Å².